The minimum atomic E-state index is -1.16. The van der Waals surface area contributed by atoms with Gasteiger partial charge in [0.15, 0.2) is 0 Å². The highest BCUT2D eigenvalue weighted by molar-refractivity contribution is 8.02. The van der Waals surface area contributed by atoms with Crippen LogP contribution >= 0.6 is 11.8 Å². The zero-order valence-electron chi connectivity index (χ0n) is 16.7. The molecular formula is C24H19FN2O3S. The largest absolute Gasteiger partial charge is 0.497 e. The maximum atomic E-state index is 13.9. The third-order valence-electron chi connectivity index (χ3n) is 5.65. The maximum absolute atomic E-state index is 13.9. The van der Waals surface area contributed by atoms with Crippen molar-refractivity contribution in [3.8, 4) is 5.75 Å². The van der Waals surface area contributed by atoms with Gasteiger partial charge in [-0.1, -0.05) is 30.3 Å². The van der Waals surface area contributed by atoms with Gasteiger partial charge in [0.05, 0.1) is 25.1 Å². The minimum Gasteiger partial charge on any atom is -0.497 e. The molecule has 3 aromatic carbocycles. The van der Waals surface area contributed by atoms with Crippen molar-refractivity contribution in [2.45, 2.75) is 11.4 Å². The standard InChI is InChI=1S/C24H19FN2O3S/c1-30-19-12-10-18(11-13-19)27-22(28)15-31-24(27)20-4-2-3-5-21(20)26(23(24)29)14-16-6-8-17(25)9-7-16/h2-13H,14-15H2,1H3/t24-/m1/s1. The molecule has 0 aromatic heterocycles. The van der Waals surface area contributed by atoms with E-state index in [4.69, 9.17) is 4.74 Å². The number of rotatable bonds is 4. The van der Waals surface area contributed by atoms with Crippen LogP contribution < -0.4 is 14.5 Å². The van der Waals surface area contributed by atoms with Crippen molar-refractivity contribution in [2.75, 3.05) is 22.7 Å². The first-order valence-electron chi connectivity index (χ1n) is 9.81. The van der Waals surface area contributed by atoms with E-state index in [1.807, 2.05) is 24.3 Å². The Morgan fingerprint density at radius 2 is 1.71 bits per heavy atom. The quantitative estimate of drug-likeness (QED) is 0.614. The molecule has 7 heteroatoms. The molecule has 1 fully saturated rings. The number of anilines is 2. The zero-order valence-corrected chi connectivity index (χ0v) is 17.6. The Balaban J connectivity index is 1.61. The molecule has 1 saturated heterocycles. The fraction of sp³-hybridized carbons (Fsp3) is 0.167. The Morgan fingerprint density at radius 1 is 1.00 bits per heavy atom. The number of amides is 2. The second-order valence-corrected chi connectivity index (χ2v) is 8.56. The molecule has 31 heavy (non-hydrogen) atoms. The fourth-order valence-electron chi connectivity index (χ4n) is 4.22. The van der Waals surface area contributed by atoms with E-state index >= 15 is 0 Å². The lowest BCUT2D eigenvalue weighted by Crippen LogP contribution is -2.49. The van der Waals surface area contributed by atoms with E-state index in [1.165, 1.54) is 23.9 Å². The summed E-state index contributed by atoms with van der Waals surface area (Å²) in [4.78, 5) is 29.1. The molecule has 1 spiro atoms. The number of para-hydroxylation sites is 1. The predicted molar refractivity (Wildman–Crippen MR) is 119 cm³/mol. The van der Waals surface area contributed by atoms with Crippen LogP contribution in [0.4, 0.5) is 15.8 Å². The molecule has 0 aliphatic carbocycles. The van der Waals surface area contributed by atoms with Gasteiger partial charge in [0.25, 0.3) is 5.91 Å². The summed E-state index contributed by atoms with van der Waals surface area (Å²) in [5, 5.41) is 0. The highest BCUT2D eigenvalue weighted by Crippen LogP contribution is 2.56. The molecule has 2 heterocycles. The molecule has 0 bridgehead atoms. The van der Waals surface area contributed by atoms with Crippen LogP contribution in [0.5, 0.6) is 5.75 Å². The lowest BCUT2D eigenvalue weighted by Gasteiger charge is -2.33. The molecule has 0 saturated carbocycles. The van der Waals surface area contributed by atoms with Gasteiger partial charge in [-0.15, -0.1) is 11.8 Å². The third kappa shape index (κ3) is 2.99. The highest BCUT2D eigenvalue weighted by atomic mass is 32.2. The van der Waals surface area contributed by atoms with Gasteiger partial charge in [-0.2, -0.15) is 0 Å². The second kappa shape index (κ2) is 7.42. The van der Waals surface area contributed by atoms with E-state index in [0.29, 0.717) is 18.0 Å². The number of hydrogen-bond acceptors (Lipinski definition) is 4. The molecule has 5 rings (SSSR count). The summed E-state index contributed by atoms with van der Waals surface area (Å²) in [7, 11) is 1.58. The van der Waals surface area contributed by atoms with Gasteiger partial charge in [0.2, 0.25) is 10.8 Å². The summed E-state index contributed by atoms with van der Waals surface area (Å²) in [5.41, 5.74) is 3.00. The zero-order chi connectivity index (χ0) is 21.6. The van der Waals surface area contributed by atoms with Crippen molar-refractivity contribution in [1.29, 1.82) is 0 Å². The van der Waals surface area contributed by atoms with Gasteiger partial charge in [-0.25, -0.2) is 4.39 Å². The van der Waals surface area contributed by atoms with Crippen LogP contribution in [0, 0.1) is 5.82 Å². The van der Waals surface area contributed by atoms with Crippen molar-refractivity contribution < 1.29 is 18.7 Å². The Bertz CT molecular complexity index is 1170. The molecule has 5 nitrogen and oxygen atoms in total. The summed E-state index contributed by atoms with van der Waals surface area (Å²) in [6.07, 6.45) is 0. The van der Waals surface area contributed by atoms with Crippen molar-refractivity contribution in [2.24, 2.45) is 0 Å². The van der Waals surface area contributed by atoms with Gasteiger partial charge in [0, 0.05) is 11.3 Å². The minimum absolute atomic E-state index is 0.123. The first-order chi connectivity index (χ1) is 15.0. The number of carbonyl (C=O) groups is 2. The topological polar surface area (TPSA) is 49.9 Å². The maximum Gasteiger partial charge on any atom is 0.269 e. The van der Waals surface area contributed by atoms with Crippen molar-refractivity contribution in [1.82, 2.24) is 0 Å². The number of thioether (sulfide) groups is 1. The van der Waals surface area contributed by atoms with E-state index in [1.54, 1.807) is 53.3 Å². The van der Waals surface area contributed by atoms with Crippen LogP contribution in [0.3, 0.4) is 0 Å². The molecule has 2 aliphatic rings. The van der Waals surface area contributed by atoms with E-state index in [2.05, 4.69) is 0 Å². The number of fused-ring (bicyclic) bond motifs is 2. The first-order valence-corrected chi connectivity index (χ1v) is 10.8. The number of carbonyl (C=O) groups excluding carboxylic acids is 2. The molecule has 0 unspecified atom stereocenters. The van der Waals surface area contributed by atoms with Gasteiger partial charge in [-0.3, -0.25) is 14.5 Å². The molecule has 2 amide bonds. The number of ether oxygens (including phenoxy) is 1. The number of nitrogens with zero attached hydrogens (tertiary/aromatic N) is 2. The monoisotopic (exact) mass is 434 g/mol. The summed E-state index contributed by atoms with van der Waals surface area (Å²) in [6, 6.07) is 20.8. The summed E-state index contributed by atoms with van der Waals surface area (Å²) >= 11 is 1.33. The van der Waals surface area contributed by atoms with Crippen LogP contribution in [0.25, 0.3) is 0 Å². The van der Waals surface area contributed by atoms with E-state index in [0.717, 1.165) is 16.8 Å². The van der Waals surface area contributed by atoms with Gasteiger partial charge in [0.1, 0.15) is 11.6 Å². The van der Waals surface area contributed by atoms with E-state index in [-0.39, 0.29) is 23.4 Å². The molecule has 3 aromatic rings. The molecule has 0 radical (unpaired) electrons. The highest BCUT2D eigenvalue weighted by Gasteiger charge is 2.60. The Hall–Kier alpha value is -3.32. The molecule has 1 atom stereocenters. The number of hydrogen-bond donors (Lipinski definition) is 0. The number of halogens is 1. The lowest BCUT2D eigenvalue weighted by molar-refractivity contribution is -0.123. The van der Waals surface area contributed by atoms with Crippen LogP contribution in [0.1, 0.15) is 11.1 Å². The average Bonchev–Trinajstić information content (AvgIpc) is 3.26. The molecule has 2 aliphatic heterocycles. The number of benzene rings is 3. The Labute approximate surface area is 183 Å². The van der Waals surface area contributed by atoms with Crippen LogP contribution in [0.15, 0.2) is 72.8 Å². The predicted octanol–water partition coefficient (Wildman–Crippen LogP) is 4.31. The lowest BCUT2D eigenvalue weighted by atomic mass is 10.0. The van der Waals surface area contributed by atoms with Crippen molar-refractivity contribution in [3.05, 3.63) is 89.7 Å². The smallest absolute Gasteiger partial charge is 0.269 e. The normalized spacial score (nSPS) is 19.9. The van der Waals surface area contributed by atoms with E-state index in [9.17, 15) is 14.0 Å². The van der Waals surface area contributed by atoms with Gasteiger partial charge >= 0.3 is 0 Å². The Morgan fingerprint density at radius 3 is 2.42 bits per heavy atom. The summed E-state index contributed by atoms with van der Waals surface area (Å²) in [6.45, 7) is 0.295. The molecular weight excluding hydrogens is 415 g/mol. The molecule has 0 N–H and O–H groups in total. The SMILES string of the molecule is COc1ccc(N2C(=O)CS[C@]23C(=O)N(Cc2ccc(F)cc2)c2ccccc23)cc1. The average molecular weight is 434 g/mol. The van der Waals surface area contributed by atoms with Crippen molar-refractivity contribution in [3.63, 3.8) is 0 Å². The molecule has 156 valence electrons. The van der Waals surface area contributed by atoms with Crippen LogP contribution in [-0.2, 0) is 21.0 Å². The van der Waals surface area contributed by atoms with Crippen LogP contribution in [-0.4, -0.2) is 24.7 Å². The first kappa shape index (κ1) is 19.6. The van der Waals surface area contributed by atoms with Gasteiger partial charge < -0.3 is 9.64 Å². The fourth-order valence-corrected chi connectivity index (χ4v) is 5.58. The van der Waals surface area contributed by atoms with E-state index < -0.39 is 4.87 Å². The second-order valence-electron chi connectivity index (χ2n) is 7.39. The van der Waals surface area contributed by atoms with Crippen LogP contribution in [0.2, 0.25) is 0 Å². The number of methoxy groups -OCH3 is 1. The van der Waals surface area contributed by atoms with Crippen molar-refractivity contribution >= 4 is 35.0 Å². The summed E-state index contributed by atoms with van der Waals surface area (Å²) in [5.74, 6) is 0.257. The van der Waals surface area contributed by atoms with Gasteiger partial charge in [-0.05, 0) is 48.0 Å². The third-order valence-corrected chi connectivity index (χ3v) is 7.03. The Kier molecular flexibility index (Phi) is 4.70. The summed E-state index contributed by atoms with van der Waals surface area (Å²) < 4.78 is 18.6.